The Kier molecular flexibility index (Phi) is 7.67. The normalized spacial score (nSPS) is 17.8. The van der Waals surface area contributed by atoms with Gasteiger partial charge in [0.15, 0.2) is 11.6 Å². The van der Waals surface area contributed by atoms with E-state index in [1.54, 1.807) is 41.4 Å². The summed E-state index contributed by atoms with van der Waals surface area (Å²) in [5.41, 5.74) is 4.42. The number of Topliss-reactive ketones (excluding diaryl/α,β-unsaturated/α-hetero) is 1. The van der Waals surface area contributed by atoms with Crippen LogP contribution in [0.1, 0.15) is 41.9 Å². The quantitative estimate of drug-likeness (QED) is 0.344. The molecule has 5 rings (SSSR count). The number of carbonyl (C=O) groups is 1. The Morgan fingerprint density at radius 1 is 1.05 bits per heavy atom. The van der Waals surface area contributed by atoms with Gasteiger partial charge in [0.1, 0.15) is 0 Å². The fourth-order valence-electron chi connectivity index (χ4n) is 5.07. The average Bonchev–Trinajstić information content (AvgIpc) is 2.92. The van der Waals surface area contributed by atoms with Crippen LogP contribution < -0.4 is 10.0 Å². The Morgan fingerprint density at radius 3 is 2.38 bits per heavy atom. The fourth-order valence-corrected chi connectivity index (χ4v) is 6.10. The van der Waals surface area contributed by atoms with Crippen molar-refractivity contribution in [3.63, 3.8) is 0 Å². The van der Waals surface area contributed by atoms with E-state index in [0.29, 0.717) is 57.6 Å². The zero-order chi connectivity index (χ0) is 28.6. The average molecular weight is 592 g/mol. The van der Waals surface area contributed by atoms with Gasteiger partial charge in [0.05, 0.1) is 22.5 Å². The summed E-state index contributed by atoms with van der Waals surface area (Å²) in [5, 5.41) is 16.6. The van der Waals surface area contributed by atoms with Crippen LogP contribution in [0.4, 0.5) is 5.69 Å². The zero-order valence-electron chi connectivity index (χ0n) is 21.4. The van der Waals surface area contributed by atoms with Gasteiger partial charge in [-0.05, 0) is 67.3 Å². The SMILES string of the molecule is Cc1ccc(/C=N/C2=C(C#N)C(c3ccc(Cl)cc3Cl)C3=C(CCCC3=O)N2c2ccc(S(N)(=O)=O)cc2)cc1. The number of rotatable bonds is 5. The molecule has 0 radical (unpaired) electrons. The van der Waals surface area contributed by atoms with Crippen LogP contribution in [-0.4, -0.2) is 20.4 Å². The summed E-state index contributed by atoms with van der Waals surface area (Å²) in [6, 6.07) is 21.0. The second kappa shape index (κ2) is 11.0. The molecular weight excluding hydrogens is 567 g/mol. The molecule has 0 spiro atoms. The number of primary sulfonamides is 1. The number of allylic oxidation sites excluding steroid dienone is 3. The molecule has 0 fully saturated rings. The molecule has 2 aliphatic rings. The smallest absolute Gasteiger partial charge is 0.238 e. The number of nitriles is 1. The third-order valence-corrected chi connectivity index (χ3v) is 8.45. The molecule has 10 heteroatoms. The Balaban J connectivity index is 1.78. The topological polar surface area (TPSA) is 117 Å². The van der Waals surface area contributed by atoms with E-state index in [2.05, 4.69) is 6.07 Å². The van der Waals surface area contributed by atoms with Crippen molar-refractivity contribution in [1.82, 2.24) is 0 Å². The van der Waals surface area contributed by atoms with Crippen LogP contribution in [0.3, 0.4) is 0 Å². The molecule has 1 aliphatic carbocycles. The maximum atomic E-state index is 13.5. The Bertz CT molecular complexity index is 1750. The molecule has 0 aromatic heterocycles. The highest BCUT2D eigenvalue weighted by molar-refractivity contribution is 7.89. The number of aliphatic imine (C=N–C) groups is 1. The Hall–Kier alpha value is -3.74. The fraction of sp³-hybridized carbons (Fsp3) is 0.167. The molecule has 40 heavy (non-hydrogen) atoms. The summed E-state index contributed by atoms with van der Waals surface area (Å²) in [5.74, 6) is -0.517. The molecule has 202 valence electrons. The minimum absolute atomic E-state index is 0.0535. The van der Waals surface area contributed by atoms with Gasteiger partial charge < -0.3 is 0 Å². The van der Waals surface area contributed by atoms with Crippen molar-refractivity contribution >= 4 is 50.9 Å². The van der Waals surface area contributed by atoms with Crippen LogP contribution in [0, 0.1) is 18.3 Å². The third kappa shape index (κ3) is 5.34. The van der Waals surface area contributed by atoms with E-state index in [1.165, 1.54) is 12.1 Å². The first-order valence-corrected chi connectivity index (χ1v) is 14.8. The van der Waals surface area contributed by atoms with E-state index >= 15 is 0 Å². The van der Waals surface area contributed by atoms with Gasteiger partial charge >= 0.3 is 0 Å². The number of anilines is 1. The minimum atomic E-state index is -3.92. The second-order valence-corrected chi connectivity index (χ2v) is 12.0. The van der Waals surface area contributed by atoms with E-state index in [-0.39, 0.29) is 16.3 Å². The molecular formula is C30H24Cl2N4O3S. The number of aryl methyl sites for hydroxylation is 1. The van der Waals surface area contributed by atoms with Gasteiger partial charge in [0.25, 0.3) is 0 Å². The van der Waals surface area contributed by atoms with Crippen LogP contribution in [0.25, 0.3) is 0 Å². The summed E-state index contributed by atoms with van der Waals surface area (Å²) >= 11 is 12.8. The van der Waals surface area contributed by atoms with E-state index in [1.807, 2.05) is 31.2 Å². The van der Waals surface area contributed by atoms with Crippen molar-refractivity contribution in [2.24, 2.45) is 10.1 Å². The lowest BCUT2D eigenvalue weighted by Gasteiger charge is -2.39. The first kappa shape index (κ1) is 27.8. The van der Waals surface area contributed by atoms with Crippen molar-refractivity contribution in [3.8, 4) is 6.07 Å². The summed E-state index contributed by atoms with van der Waals surface area (Å²) in [6.45, 7) is 1.99. The number of sulfonamides is 1. The number of halogens is 2. The van der Waals surface area contributed by atoms with Crippen LogP contribution in [-0.2, 0) is 14.8 Å². The van der Waals surface area contributed by atoms with Crippen LogP contribution in [0.2, 0.25) is 10.0 Å². The first-order valence-electron chi connectivity index (χ1n) is 12.5. The van der Waals surface area contributed by atoms with Crippen molar-refractivity contribution in [1.29, 1.82) is 5.26 Å². The van der Waals surface area contributed by atoms with Crippen LogP contribution in [0.5, 0.6) is 0 Å². The minimum Gasteiger partial charge on any atom is -0.298 e. The summed E-state index contributed by atoms with van der Waals surface area (Å²) in [7, 11) is -3.92. The standard InChI is InChI=1S/C30H24Cl2N4O3S/c1-18-5-7-19(8-6-18)17-35-30-24(16-33)28(23-14-9-20(31)15-25(23)32)29-26(3-2-4-27(29)37)36(30)21-10-12-22(13-11-21)40(34,38)39/h5-15,17,28H,2-4H2,1H3,(H2,34,38,39)/b35-17+. The number of nitrogens with zero attached hydrogens (tertiary/aromatic N) is 3. The molecule has 7 nitrogen and oxygen atoms in total. The summed E-state index contributed by atoms with van der Waals surface area (Å²) in [4.78, 5) is 20.0. The molecule has 3 aromatic rings. The maximum absolute atomic E-state index is 13.5. The highest BCUT2D eigenvalue weighted by Crippen LogP contribution is 2.49. The predicted molar refractivity (Wildman–Crippen MR) is 157 cm³/mol. The van der Waals surface area contributed by atoms with Crippen LogP contribution in [0.15, 0.2) is 99.3 Å². The highest BCUT2D eigenvalue weighted by atomic mass is 35.5. The zero-order valence-corrected chi connectivity index (χ0v) is 23.8. The lowest BCUT2D eigenvalue weighted by Crippen LogP contribution is -2.35. The second-order valence-electron chi connectivity index (χ2n) is 9.63. The van der Waals surface area contributed by atoms with Gasteiger partial charge in [0.2, 0.25) is 10.0 Å². The van der Waals surface area contributed by atoms with Crippen LogP contribution >= 0.6 is 23.2 Å². The number of ketones is 1. The number of carbonyl (C=O) groups excluding carboxylic acids is 1. The number of hydrogen-bond donors (Lipinski definition) is 1. The Morgan fingerprint density at radius 2 is 1.75 bits per heavy atom. The van der Waals surface area contributed by atoms with Crippen molar-refractivity contribution in [2.45, 2.75) is 37.0 Å². The Labute approximate surface area is 242 Å². The highest BCUT2D eigenvalue weighted by Gasteiger charge is 2.41. The van der Waals surface area contributed by atoms with Gasteiger partial charge in [-0.2, -0.15) is 5.26 Å². The monoisotopic (exact) mass is 590 g/mol. The molecule has 0 saturated carbocycles. The van der Waals surface area contributed by atoms with Gasteiger partial charge in [-0.15, -0.1) is 0 Å². The third-order valence-electron chi connectivity index (χ3n) is 6.96. The summed E-state index contributed by atoms with van der Waals surface area (Å²) in [6.07, 6.45) is 3.15. The molecule has 0 saturated heterocycles. The molecule has 0 amide bonds. The number of nitrogens with two attached hydrogens (primary N) is 1. The van der Waals surface area contributed by atoms with Gasteiger partial charge in [0, 0.05) is 39.6 Å². The van der Waals surface area contributed by atoms with E-state index in [4.69, 9.17) is 33.3 Å². The molecule has 0 bridgehead atoms. The van der Waals surface area contributed by atoms with Gasteiger partial charge in [-0.25, -0.2) is 18.5 Å². The number of benzene rings is 3. The predicted octanol–water partition coefficient (Wildman–Crippen LogP) is 6.41. The molecule has 1 unspecified atom stereocenters. The molecule has 3 aromatic carbocycles. The summed E-state index contributed by atoms with van der Waals surface area (Å²) < 4.78 is 23.8. The van der Waals surface area contributed by atoms with Gasteiger partial charge in [-0.3, -0.25) is 9.69 Å². The molecule has 1 aliphatic heterocycles. The van der Waals surface area contributed by atoms with E-state index in [0.717, 1.165) is 11.1 Å². The molecule has 1 heterocycles. The van der Waals surface area contributed by atoms with E-state index in [9.17, 15) is 18.5 Å². The molecule has 2 N–H and O–H groups in total. The first-order chi connectivity index (χ1) is 19.1. The molecule has 1 atom stereocenters. The lowest BCUT2D eigenvalue weighted by molar-refractivity contribution is -0.116. The lowest BCUT2D eigenvalue weighted by atomic mass is 9.75. The van der Waals surface area contributed by atoms with Crippen molar-refractivity contribution < 1.29 is 13.2 Å². The van der Waals surface area contributed by atoms with Gasteiger partial charge in [-0.1, -0.05) is 59.1 Å². The van der Waals surface area contributed by atoms with Crippen molar-refractivity contribution in [2.75, 3.05) is 4.90 Å². The van der Waals surface area contributed by atoms with Crippen molar-refractivity contribution in [3.05, 3.63) is 116 Å². The van der Waals surface area contributed by atoms with E-state index < -0.39 is 15.9 Å². The maximum Gasteiger partial charge on any atom is 0.238 e. The number of hydrogen-bond acceptors (Lipinski definition) is 6. The largest absolute Gasteiger partial charge is 0.298 e.